The molecule has 1 rings (SSSR count). The highest BCUT2D eigenvalue weighted by atomic mass is 16.2. The van der Waals surface area contributed by atoms with Crippen molar-refractivity contribution in [1.29, 1.82) is 5.26 Å². The lowest BCUT2D eigenvalue weighted by atomic mass is 9.79. The number of rotatable bonds is 7. The van der Waals surface area contributed by atoms with Crippen molar-refractivity contribution in [1.82, 2.24) is 10.6 Å². The van der Waals surface area contributed by atoms with Crippen LogP contribution in [0.15, 0.2) is 0 Å². The number of carbonyl (C=O) groups is 2. The van der Waals surface area contributed by atoms with Gasteiger partial charge >= 0.3 is 0 Å². The third-order valence-electron chi connectivity index (χ3n) is 4.01. The molecule has 0 bridgehead atoms. The third kappa shape index (κ3) is 6.61. The number of hydrogen-bond donors (Lipinski definition) is 2. The second-order valence-corrected chi connectivity index (χ2v) is 6.28. The van der Waals surface area contributed by atoms with E-state index in [0.29, 0.717) is 24.8 Å². The van der Waals surface area contributed by atoms with E-state index in [-0.39, 0.29) is 24.3 Å². The average molecular weight is 293 g/mol. The predicted molar refractivity (Wildman–Crippen MR) is 81.2 cm³/mol. The number of nitrogens with zero attached hydrogens (tertiary/aromatic N) is 1. The van der Waals surface area contributed by atoms with E-state index in [1.54, 1.807) is 0 Å². The fourth-order valence-corrected chi connectivity index (χ4v) is 2.93. The molecule has 2 amide bonds. The molecule has 1 saturated carbocycles. The lowest BCUT2D eigenvalue weighted by molar-refractivity contribution is -0.127. The minimum Gasteiger partial charge on any atom is -0.355 e. The first-order valence-electron chi connectivity index (χ1n) is 7.96. The number of nitrogens with one attached hydrogen (secondary N) is 2. The normalized spacial score (nSPS) is 17.0. The molecule has 1 aliphatic carbocycles. The lowest BCUT2D eigenvalue weighted by Crippen LogP contribution is -2.43. The Bertz CT molecular complexity index is 381. The van der Waals surface area contributed by atoms with Crippen molar-refractivity contribution in [2.24, 2.45) is 17.8 Å². The number of hydrogen-bond acceptors (Lipinski definition) is 3. The molecule has 0 aromatic rings. The SMILES string of the molecule is CC(C)CC(=O)NCC(C(=O)NCC#N)C1CCCCC1. The fraction of sp³-hybridized carbons (Fsp3) is 0.812. The average Bonchev–Trinajstić information content (AvgIpc) is 2.45. The van der Waals surface area contributed by atoms with Crippen LogP contribution in [0.2, 0.25) is 0 Å². The van der Waals surface area contributed by atoms with E-state index in [9.17, 15) is 9.59 Å². The molecule has 0 radical (unpaired) electrons. The van der Waals surface area contributed by atoms with Gasteiger partial charge in [-0.3, -0.25) is 9.59 Å². The highest BCUT2D eigenvalue weighted by Crippen LogP contribution is 2.30. The fourth-order valence-electron chi connectivity index (χ4n) is 2.93. The summed E-state index contributed by atoms with van der Waals surface area (Å²) in [5.41, 5.74) is 0. The van der Waals surface area contributed by atoms with E-state index in [2.05, 4.69) is 10.6 Å². The van der Waals surface area contributed by atoms with Crippen LogP contribution in [-0.2, 0) is 9.59 Å². The van der Waals surface area contributed by atoms with Crippen LogP contribution in [-0.4, -0.2) is 24.9 Å². The number of amides is 2. The maximum Gasteiger partial charge on any atom is 0.225 e. The molecule has 0 aliphatic heterocycles. The van der Waals surface area contributed by atoms with E-state index in [1.165, 1.54) is 6.42 Å². The van der Waals surface area contributed by atoms with Crippen LogP contribution in [0.4, 0.5) is 0 Å². The molecule has 0 aromatic carbocycles. The monoisotopic (exact) mass is 293 g/mol. The zero-order valence-electron chi connectivity index (χ0n) is 13.2. The van der Waals surface area contributed by atoms with Crippen LogP contribution in [0.5, 0.6) is 0 Å². The Balaban J connectivity index is 2.56. The first-order chi connectivity index (χ1) is 10.0. The highest BCUT2D eigenvalue weighted by molar-refractivity contribution is 5.81. The summed E-state index contributed by atoms with van der Waals surface area (Å²) < 4.78 is 0. The van der Waals surface area contributed by atoms with Crippen LogP contribution >= 0.6 is 0 Å². The molecule has 0 aromatic heterocycles. The molecule has 5 nitrogen and oxygen atoms in total. The zero-order chi connectivity index (χ0) is 15.7. The van der Waals surface area contributed by atoms with Crippen molar-refractivity contribution >= 4 is 11.8 Å². The Hall–Kier alpha value is -1.57. The molecule has 5 heteroatoms. The summed E-state index contributed by atoms with van der Waals surface area (Å²) in [6, 6.07) is 1.93. The molecule has 1 unspecified atom stereocenters. The standard InChI is InChI=1S/C16H27N3O2/c1-12(2)10-15(20)19-11-14(16(21)18-9-8-17)13-6-4-3-5-7-13/h12-14H,3-7,9-11H2,1-2H3,(H,18,21)(H,19,20). The zero-order valence-corrected chi connectivity index (χ0v) is 13.2. The molecular formula is C16H27N3O2. The Kier molecular flexibility index (Phi) is 7.81. The summed E-state index contributed by atoms with van der Waals surface area (Å²) in [4.78, 5) is 24.0. The summed E-state index contributed by atoms with van der Waals surface area (Å²) >= 11 is 0. The van der Waals surface area contributed by atoms with Crippen LogP contribution < -0.4 is 10.6 Å². The van der Waals surface area contributed by atoms with Gasteiger partial charge in [-0.25, -0.2) is 0 Å². The van der Waals surface area contributed by atoms with Gasteiger partial charge in [0.25, 0.3) is 0 Å². The molecule has 1 fully saturated rings. The quantitative estimate of drug-likeness (QED) is 0.704. The first kappa shape index (κ1) is 17.5. The molecule has 118 valence electrons. The van der Waals surface area contributed by atoms with Gasteiger partial charge in [-0.15, -0.1) is 0 Å². The molecule has 1 atom stereocenters. The van der Waals surface area contributed by atoms with Gasteiger partial charge in [0.2, 0.25) is 11.8 Å². The second kappa shape index (κ2) is 9.38. The summed E-state index contributed by atoms with van der Waals surface area (Å²) in [5, 5.41) is 14.1. The summed E-state index contributed by atoms with van der Waals surface area (Å²) in [6.07, 6.45) is 6.06. The minimum atomic E-state index is -0.213. The van der Waals surface area contributed by atoms with Gasteiger partial charge in [0.15, 0.2) is 0 Å². The van der Waals surface area contributed by atoms with Crippen LogP contribution in [0.1, 0.15) is 52.4 Å². The van der Waals surface area contributed by atoms with Crippen LogP contribution in [0, 0.1) is 29.1 Å². The minimum absolute atomic E-state index is 0.00103. The first-order valence-corrected chi connectivity index (χ1v) is 7.96. The van der Waals surface area contributed by atoms with Gasteiger partial charge in [-0.2, -0.15) is 5.26 Å². The van der Waals surface area contributed by atoms with E-state index in [1.807, 2.05) is 19.9 Å². The van der Waals surface area contributed by atoms with Crippen molar-refractivity contribution in [3.63, 3.8) is 0 Å². The summed E-state index contributed by atoms with van der Waals surface area (Å²) in [6.45, 7) is 4.41. The van der Waals surface area contributed by atoms with E-state index < -0.39 is 0 Å². The maximum absolute atomic E-state index is 12.2. The molecule has 21 heavy (non-hydrogen) atoms. The number of carbonyl (C=O) groups excluding carboxylic acids is 2. The summed E-state index contributed by atoms with van der Waals surface area (Å²) in [5.74, 6) is 0.310. The Morgan fingerprint density at radius 3 is 2.43 bits per heavy atom. The van der Waals surface area contributed by atoms with Gasteiger partial charge in [0.1, 0.15) is 6.54 Å². The van der Waals surface area contributed by atoms with Crippen molar-refractivity contribution < 1.29 is 9.59 Å². The molecule has 2 N–H and O–H groups in total. The van der Waals surface area contributed by atoms with Gasteiger partial charge in [0, 0.05) is 13.0 Å². The molecule has 1 aliphatic rings. The summed E-state index contributed by atoms with van der Waals surface area (Å²) in [7, 11) is 0. The van der Waals surface area contributed by atoms with E-state index in [0.717, 1.165) is 25.7 Å². The molecule has 0 heterocycles. The van der Waals surface area contributed by atoms with Gasteiger partial charge in [0.05, 0.1) is 12.0 Å². The molecule has 0 saturated heterocycles. The van der Waals surface area contributed by atoms with E-state index >= 15 is 0 Å². The third-order valence-corrected chi connectivity index (χ3v) is 4.01. The maximum atomic E-state index is 12.2. The Labute approximate surface area is 127 Å². The largest absolute Gasteiger partial charge is 0.355 e. The van der Waals surface area contributed by atoms with Crippen molar-refractivity contribution in [2.45, 2.75) is 52.4 Å². The van der Waals surface area contributed by atoms with Gasteiger partial charge < -0.3 is 10.6 Å². The second-order valence-electron chi connectivity index (χ2n) is 6.28. The Morgan fingerprint density at radius 1 is 1.19 bits per heavy atom. The van der Waals surface area contributed by atoms with Crippen molar-refractivity contribution in [3.8, 4) is 6.07 Å². The molecule has 0 spiro atoms. The van der Waals surface area contributed by atoms with Gasteiger partial charge in [-0.05, 0) is 24.7 Å². The lowest BCUT2D eigenvalue weighted by Gasteiger charge is -2.29. The Morgan fingerprint density at radius 2 is 1.86 bits per heavy atom. The van der Waals surface area contributed by atoms with Crippen molar-refractivity contribution in [3.05, 3.63) is 0 Å². The predicted octanol–water partition coefficient (Wildman–Crippen LogP) is 1.98. The smallest absolute Gasteiger partial charge is 0.225 e. The molecular weight excluding hydrogens is 266 g/mol. The van der Waals surface area contributed by atoms with Crippen LogP contribution in [0.25, 0.3) is 0 Å². The highest BCUT2D eigenvalue weighted by Gasteiger charge is 2.29. The topological polar surface area (TPSA) is 82.0 Å². The van der Waals surface area contributed by atoms with Gasteiger partial charge in [-0.1, -0.05) is 33.1 Å². The number of nitriles is 1. The van der Waals surface area contributed by atoms with Crippen molar-refractivity contribution in [2.75, 3.05) is 13.1 Å². The van der Waals surface area contributed by atoms with Crippen LogP contribution in [0.3, 0.4) is 0 Å². The van der Waals surface area contributed by atoms with E-state index in [4.69, 9.17) is 5.26 Å².